The van der Waals surface area contributed by atoms with Crippen molar-refractivity contribution in [3.05, 3.63) is 81.5 Å². The van der Waals surface area contributed by atoms with Crippen molar-refractivity contribution >= 4 is 44.8 Å². The zero-order chi connectivity index (χ0) is 16.9. The largest absolute Gasteiger partial charge is 0.279 e. The quantitative estimate of drug-likeness (QED) is 0.458. The molecule has 2 aromatic carbocycles. The van der Waals surface area contributed by atoms with Gasteiger partial charge in [-0.15, -0.1) is 0 Å². The Hall–Kier alpha value is -2.38. The Kier molecular flexibility index (Phi) is 5.12. The summed E-state index contributed by atoms with van der Waals surface area (Å²) in [5.74, 6) is 0.721. The number of hydrogen-bond acceptors (Lipinski definition) is 6. The number of thioether (sulfide) groups is 2. The summed E-state index contributed by atoms with van der Waals surface area (Å²) >= 11 is 2.55. The van der Waals surface area contributed by atoms with Crippen LogP contribution in [0.15, 0.2) is 65.3 Å². The third-order valence-corrected chi connectivity index (χ3v) is 5.31. The van der Waals surface area contributed by atoms with E-state index in [-0.39, 0.29) is 16.5 Å². The highest BCUT2D eigenvalue weighted by Gasteiger charge is 2.23. The van der Waals surface area contributed by atoms with Crippen molar-refractivity contribution < 1.29 is 9.72 Å². The minimum atomic E-state index is -0.465. The Balaban J connectivity index is 1.78. The van der Waals surface area contributed by atoms with E-state index >= 15 is 0 Å². The van der Waals surface area contributed by atoms with Gasteiger partial charge in [0.25, 0.3) is 5.69 Å². The summed E-state index contributed by atoms with van der Waals surface area (Å²) in [5, 5.41) is 10.9. The van der Waals surface area contributed by atoms with E-state index in [2.05, 4.69) is 4.99 Å². The predicted molar refractivity (Wildman–Crippen MR) is 98.8 cm³/mol. The van der Waals surface area contributed by atoms with Gasteiger partial charge in [-0.25, -0.2) is 4.99 Å². The van der Waals surface area contributed by atoms with E-state index in [1.165, 1.54) is 23.9 Å². The second-order valence-corrected chi connectivity index (χ2v) is 7.07. The van der Waals surface area contributed by atoms with E-state index in [4.69, 9.17) is 0 Å². The fraction of sp³-hybridized carbons (Fsp3) is 0.0588. The van der Waals surface area contributed by atoms with Gasteiger partial charge >= 0.3 is 0 Å². The first kappa shape index (κ1) is 16.5. The number of rotatable bonds is 4. The first-order chi connectivity index (χ1) is 11.6. The van der Waals surface area contributed by atoms with E-state index in [1.54, 1.807) is 18.2 Å². The zero-order valence-corrected chi connectivity index (χ0v) is 14.0. The van der Waals surface area contributed by atoms with Crippen molar-refractivity contribution in [2.75, 3.05) is 0 Å². The Bertz CT molecular complexity index is 848. The van der Waals surface area contributed by atoms with E-state index in [1.807, 2.05) is 30.3 Å². The SMILES string of the molecule is O=C1SC(SCc2ccccc2)=N/C1=C/c1ccccc1[N+](=O)[O-]. The Morgan fingerprint density at radius 3 is 2.58 bits per heavy atom. The number of nitro benzene ring substituents is 1. The van der Waals surface area contributed by atoms with E-state index in [0.29, 0.717) is 9.94 Å². The highest BCUT2D eigenvalue weighted by Crippen LogP contribution is 2.33. The smallest absolute Gasteiger partial charge is 0.276 e. The second kappa shape index (κ2) is 7.46. The molecule has 1 heterocycles. The van der Waals surface area contributed by atoms with Gasteiger partial charge in [-0.05, 0) is 29.5 Å². The van der Waals surface area contributed by atoms with Crippen LogP contribution in [0.25, 0.3) is 6.08 Å². The van der Waals surface area contributed by atoms with E-state index in [9.17, 15) is 14.9 Å². The highest BCUT2D eigenvalue weighted by molar-refractivity contribution is 8.45. The molecule has 0 atom stereocenters. The molecule has 0 saturated carbocycles. The molecule has 7 heteroatoms. The first-order valence-electron chi connectivity index (χ1n) is 7.06. The molecule has 0 aliphatic carbocycles. The molecule has 0 amide bonds. The monoisotopic (exact) mass is 356 g/mol. The molecule has 5 nitrogen and oxygen atoms in total. The summed E-state index contributed by atoms with van der Waals surface area (Å²) in [7, 11) is 0. The molecular formula is C17H12N2O3S2. The van der Waals surface area contributed by atoms with Crippen LogP contribution in [0.3, 0.4) is 0 Å². The lowest BCUT2D eigenvalue weighted by atomic mass is 10.1. The zero-order valence-electron chi connectivity index (χ0n) is 12.4. The number of hydrogen-bond donors (Lipinski definition) is 0. The maximum Gasteiger partial charge on any atom is 0.276 e. The first-order valence-corrected chi connectivity index (χ1v) is 8.86. The Morgan fingerprint density at radius 2 is 1.83 bits per heavy atom. The molecule has 3 rings (SSSR count). The molecule has 0 spiro atoms. The third kappa shape index (κ3) is 3.93. The third-order valence-electron chi connectivity index (χ3n) is 3.23. The van der Waals surface area contributed by atoms with Crippen molar-refractivity contribution in [2.45, 2.75) is 5.75 Å². The number of benzene rings is 2. The van der Waals surface area contributed by atoms with Gasteiger partial charge in [0.2, 0.25) is 5.12 Å². The molecule has 0 N–H and O–H groups in total. The standard InChI is InChI=1S/C17H12N2O3S2/c20-16-14(10-13-8-4-5-9-15(13)19(21)22)18-17(24-16)23-11-12-6-2-1-3-7-12/h1-10H,11H2/b14-10+. The average molecular weight is 356 g/mol. The lowest BCUT2D eigenvalue weighted by Gasteiger charge is -1.98. The molecule has 24 heavy (non-hydrogen) atoms. The predicted octanol–water partition coefficient (Wildman–Crippen LogP) is 4.50. The summed E-state index contributed by atoms with van der Waals surface area (Å²) < 4.78 is 0.661. The maximum absolute atomic E-state index is 12.1. The summed E-state index contributed by atoms with van der Waals surface area (Å²) in [6.07, 6.45) is 1.48. The van der Waals surface area contributed by atoms with Gasteiger partial charge in [-0.3, -0.25) is 14.9 Å². The number of aliphatic imine (C=N–C) groups is 1. The summed E-state index contributed by atoms with van der Waals surface area (Å²) in [4.78, 5) is 27.0. The van der Waals surface area contributed by atoms with Crippen LogP contribution in [-0.2, 0) is 10.5 Å². The highest BCUT2D eigenvalue weighted by atomic mass is 32.2. The van der Waals surface area contributed by atoms with Gasteiger partial charge in [-0.1, -0.05) is 54.2 Å². The minimum Gasteiger partial charge on any atom is -0.279 e. The molecule has 0 radical (unpaired) electrons. The Morgan fingerprint density at radius 1 is 1.12 bits per heavy atom. The number of para-hydroxylation sites is 1. The average Bonchev–Trinajstić information content (AvgIpc) is 2.94. The van der Waals surface area contributed by atoms with Crippen LogP contribution in [0.5, 0.6) is 0 Å². The van der Waals surface area contributed by atoms with E-state index in [0.717, 1.165) is 23.1 Å². The summed E-state index contributed by atoms with van der Waals surface area (Å²) in [6, 6.07) is 16.2. The van der Waals surface area contributed by atoms with Gasteiger partial charge in [0.1, 0.15) is 10.1 Å². The topological polar surface area (TPSA) is 72.6 Å². The van der Waals surface area contributed by atoms with Gasteiger partial charge in [-0.2, -0.15) is 0 Å². The van der Waals surface area contributed by atoms with Crippen LogP contribution >= 0.6 is 23.5 Å². The lowest BCUT2D eigenvalue weighted by Crippen LogP contribution is -1.93. The normalized spacial score (nSPS) is 15.6. The molecule has 0 saturated heterocycles. The van der Waals surface area contributed by atoms with Gasteiger partial charge in [0.05, 0.1) is 10.5 Å². The molecule has 0 unspecified atom stereocenters. The van der Waals surface area contributed by atoms with Crippen LogP contribution in [0.4, 0.5) is 5.69 Å². The summed E-state index contributed by atoms with van der Waals surface area (Å²) in [5.41, 5.74) is 1.73. The summed E-state index contributed by atoms with van der Waals surface area (Å²) in [6.45, 7) is 0. The molecular weight excluding hydrogens is 344 g/mol. The van der Waals surface area contributed by atoms with Crippen LogP contribution in [0.2, 0.25) is 0 Å². The van der Waals surface area contributed by atoms with Crippen LogP contribution < -0.4 is 0 Å². The van der Waals surface area contributed by atoms with Crippen LogP contribution in [-0.4, -0.2) is 14.4 Å². The molecule has 2 aromatic rings. The number of carbonyl (C=O) groups is 1. The van der Waals surface area contributed by atoms with Crippen molar-refractivity contribution in [2.24, 2.45) is 4.99 Å². The number of nitro groups is 1. The van der Waals surface area contributed by atoms with Crippen LogP contribution in [0.1, 0.15) is 11.1 Å². The second-order valence-electron chi connectivity index (χ2n) is 4.89. The molecule has 120 valence electrons. The molecule has 1 aliphatic rings. The van der Waals surface area contributed by atoms with Crippen molar-refractivity contribution in [3.8, 4) is 0 Å². The lowest BCUT2D eigenvalue weighted by molar-refractivity contribution is -0.385. The van der Waals surface area contributed by atoms with Crippen molar-refractivity contribution in [3.63, 3.8) is 0 Å². The molecule has 0 bridgehead atoms. The minimum absolute atomic E-state index is 0.0385. The van der Waals surface area contributed by atoms with Crippen molar-refractivity contribution in [1.29, 1.82) is 0 Å². The number of nitrogens with zero attached hydrogens (tertiary/aromatic N) is 2. The van der Waals surface area contributed by atoms with Gasteiger partial charge in [0.15, 0.2) is 0 Å². The maximum atomic E-state index is 12.1. The molecule has 0 fully saturated rings. The molecule has 1 aliphatic heterocycles. The van der Waals surface area contributed by atoms with E-state index < -0.39 is 4.92 Å². The number of carbonyl (C=O) groups excluding carboxylic acids is 1. The van der Waals surface area contributed by atoms with Crippen molar-refractivity contribution in [1.82, 2.24) is 0 Å². The van der Waals surface area contributed by atoms with Crippen LogP contribution in [0, 0.1) is 10.1 Å². The molecule has 0 aromatic heterocycles. The fourth-order valence-corrected chi connectivity index (χ4v) is 3.89. The Labute approximate surface area is 147 Å². The van der Waals surface area contributed by atoms with Gasteiger partial charge in [0, 0.05) is 11.8 Å². The van der Waals surface area contributed by atoms with Gasteiger partial charge < -0.3 is 0 Å². The fourth-order valence-electron chi connectivity index (χ4n) is 2.09.